The first-order valence-corrected chi connectivity index (χ1v) is 12.8. The topological polar surface area (TPSA) is 134 Å². The van der Waals surface area contributed by atoms with Crippen LogP contribution in [0, 0.1) is 0 Å². The molecule has 0 aromatic rings. The second-order valence-corrected chi connectivity index (χ2v) is 10.2. The van der Waals surface area contributed by atoms with Gasteiger partial charge < -0.3 is 30.6 Å². The summed E-state index contributed by atoms with van der Waals surface area (Å²) in [5.74, 6) is 0. The molecule has 34 heavy (non-hydrogen) atoms. The quantitative estimate of drug-likeness (QED) is 0.112. The molecule has 206 valence electrons. The van der Waals surface area contributed by atoms with E-state index in [1.165, 1.54) is 0 Å². The number of hydrogen-bond acceptors (Lipinski definition) is 10. The van der Waals surface area contributed by atoms with Crippen molar-refractivity contribution in [1.82, 2.24) is 19.6 Å². The van der Waals surface area contributed by atoms with Crippen molar-refractivity contribution < 1.29 is 30.6 Å². The second-order valence-electron chi connectivity index (χ2n) is 10.2. The maximum atomic E-state index is 9.84. The van der Waals surface area contributed by atoms with Gasteiger partial charge in [0.25, 0.3) is 0 Å². The molecule has 0 saturated heterocycles. The lowest BCUT2D eigenvalue weighted by Crippen LogP contribution is -2.47. The zero-order valence-electron chi connectivity index (χ0n) is 22.4. The summed E-state index contributed by atoms with van der Waals surface area (Å²) in [5.41, 5.74) is 0. The van der Waals surface area contributed by atoms with E-state index in [2.05, 4.69) is 19.6 Å². The summed E-state index contributed by atoms with van der Waals surface area (Å²) in [6.07, 6.45) is -2.96. The molecule has 0 aliphatic rings. The molecular formula is C24H54N4O6. The van der Waals surface area contributed by atoms with Crippen LogP contribution in [0.3, 0.4) is 0 Å². The maximum Gasteiger partial charge on any atom is 0.0639 e. The molecular weight excluding hydrogens is 440 g/mol. The highest BCUT2D eigenvalue weighted by atomic mass is 16.3. The van der Waals surface area contributed by atoms with Crippen molar-refractivity contribution in [3.63, 3.8) is 0 Å². The van der Waals surface area contributed by atoms with Crippen molar-refractivity contribution in [3.8, 4) is 0 Å². The summed E-state index contributed by atoms with van der Waals surface area (Å²) >= 11 is 0. The van der Waals surface area contributed by atoms with Gasteiger partial charge in [-0.1, -0.05) is 0 Å². The van der Waals surface area contributed by atoms with Crippen LogP contribution in [0.4, 0.5) is 0 Å². The summed E-state index contributed by atoms with van der Waals surface area (Å²) in [5, 5.41) is 59.1. The van der Waals surface area contributed by atoms with Gasteiger partial charge in [0, 0.05) is 78.5 Å². The van der Waals surface area contributed by atoms with Crippen molar-refractivity contribution in [3.05, 3.63) is 0 Å². The lowest BCUT2D eigenvalue weighted by atomic mass is 10.2. The average Bonchev–Trinajstić information content (AvgIpc) is 2.63. The van der Waals surface area contributed by atoms with E-state index in [0.717, 1.165) is 0 Å². The largest absolute Gasteiger partial charge is 0.392 e. The van der Waals surface area contributed by atoms with Gasteiger partial charge >= 0.3 is 0 Å². The van der Waals surface area contributed by atoms with Crippen molar-refractivity contribution in [2.45, 2.75) is 78.2 Å². The van der Waals surface area contributed by atoms with E-state index in [1.807, 2.05) is 0 Å². The van der Waals surface area contributed by atoms with Crippen molar-refractivity contribution in [1.29, 1.82) is 0 Å². The first kappa shape index (κ1) is 33.6. The van der Waals surface area contributed by atoms with Crippen LogP contribution < -0.4 is 0 Å². The summed E-state index contributed by atoms with van der Waals surface area (Å²) in [6.45, 7) is 17.5. The van der Waals surface area contributed by atoms with Gasteiger partial charge in [0.05, 0.1) is 36.6 Å². The van der Waals surface area contributed by atoms with Gasteiger partial charge in [-0.05, 0) is 41.5 Å². The standard InChI is InChI=1S/C24H54N4O6/c1-19(29)13-26(14-20(2)30)10-7-25(8-11-27(15-21(3)31)16-22(4)32)9-12-28(17-23(5)33)18-24(6)34/h19-24,29-34H,7-18H2,1-6H3. The second kappa shape index (κ2) is 18.8. The molecule has 6 N–H and O–H groups in total. The molecule has 6 atom stereocenters. The Bertz CT molecular complexity index is 384. The number of nitrogens with zero attached hydrogens (tertiary/aromatic N) is 4. The normalized spacial score (nSPS) is 18.0. The minimum atomic E-state index is -0.493. The van der Waals surface area contributed by atoms with E-state index >= 15 is 0 Å². The third kappa shape index (κ3) is 19.9. The monoisotopic (exact) mass is 494 g/mol. The Morgan fingerprint density at radius 3 is 0.618 bits per heavy atom. The lowest BCUT2D eigenvalue weighted by molar-refractivity contribution is 0.0568. The molecule has 0 aromatic heterocycles. The van der Waals surface area contributed by atoms with Crippen LogP contribution in [0.5, 0.6) is 0 Å². The molecule has 0 amide bonds. The highest BCUT2D eigenvalue weighted by Crippen LogP contribution is 2.03. The zero-order chi connectivity index (χ0) is 26.3. The van der Waals surface area contributed by atoms with Gasteiger partial charge in [-0.3, -0.25) is 19.6 Å². The third-order valence-electron chi connectivity index (χ3n) is 5.33. The van der Waals surface area contributed by atoms with Gasteiger partial charge in [0.1, 0.15) is 0 Å². The minimum absolute atomic E-state index is 0.477. The van der Waals surface area contributed by atoms with Crippen LogP contribution in [0.1, 0.15) is 41.5 Å². The molecule has 0 bridgehead atoms. The van der Waals surface area contributed by atoms with Gasteiger partial charge in [-0.2, -0.15) is 0 Å². The molecule has 0 aliphatic carbocycles. The fraction of sp³-hybridized carbons (Fsp3) is 1.00. The first-order valence-electron chi connectivity index (χ1n) is 12.8. The van der Waals surface area contributed by atoms with Gasteiger partial charge in [0.15, 0.2) is 0 Å². The molecule has 0 fully saturated rings. The summed E-state index contributed by atoms with van der Waals surface area (Å²) in [7, 11) is 0. The van der Waals surface area contributed by atoms with Crippen LogP contribution >= 0.6 is 0 Å². The fourth-order valence-electron chi connectivity index (χ4n) is 4.20. The van der Waals surface area contributed by atoms with Crippen LogP contribution in [-0.2, 0) is 0 Å². The number of aliphatic hydroxyl groups is 6. The molecule has 0 heterocycles. The lowest BCUT2D eigenvalue weighted by Gasteiger charge is -2.33. The van der Waals surface area contributed by atoms with Crippen LogP contribution in [-0.4, -0.2) is 165 Å². The van der Waals surface area contributed by atoms with Gasteiger partial charge in [-0.15, -0.1) is 0 Å². The average molecular weight is 495 g/mol. The molecule has 0 saturated carbocycles. The third-order valence-corrected chi connectivity index (χ3v) is 5.33. The number of aliphatic hydroxyl groups excluding tert-OH is 6. The molecule has 0 aromatic carbocycles. The molecule has 10 heteroatoms. The SMILES string of the molecule is CC(O)CN(CCN(CCN(CC(C)O)CC(C)O)CCN(CC(C)O)CC(C)O)CC(C)O. The predicted molar refractivity (Wildman–Crippen MR) is 136 cm³/mol. The number of rotatable bonds is 21. The highest BCUT2D eigenvalue weighted by Gasteiger charge is 2.18. The van der Waals surface area contributed by atoms with E-state index in [-0.39, 0.29) is 0 Å². The van der Waals surface area contributed by atoms with E-state index in [0.29, 0.717) is 78.5 Å². The fourth-order valence-corrected chi connectivity index (χ4v) is 4.20. The van der Waals surface area contributed by atoms with Gasteiger partial charge in [-0.25, -0.2) is 0 Å². The smallest absolute Gasteiger partial charge is 0.0639 e. The highest BCUT2D eigenvalue weighted by molar-refractivity contribution is 4.73. The Morgan fingerprint density at radius 2 is 0.471 bits per heavy atom. The minimum Gasteiger partial charge on any atom is -0.392 e. The summed E-state index contributed by atoms with van der Waals surface area (Å²) < 4.78 is 0. The summed E-state index contributed by atoms with van der Waals surface area (Å²) in [6, 6.07) is 0. The van der Waals surface area contributed by atoms with E-state index < -0.39 is 36.6 Å². The first-order chi connectivity index (χ1) is 15.8. The Balaban J connectivity index is 5.25. The summed E-state index contributed by atoms with van der Waals surface area (Å²) in [4.78, 5) is 8.43. The van der Waals surface area contributed by atoms with Crippen LogP contribution in [0.15, 0.2) is 0 Å². The van der Waals surface area contributed by atoms with E-state index in [1.54, 1.807) is 41.5 Å². The van der Waals surface area contributed by atoms with Crippen LogP contribution in [0.25, 0.3) is 0 Å². The Labute approximate surface area is 207 Å². The molecule has 0 aliphatic heterocycles. The maximum absolute atomic E-state index is 9.84. The van der Waals surface area contributed by atoms with Crippen molar-refractivity contribution in [2.24, 2.45) is 0 Å². The Morgan fingerprint density at radius 1 is 0.324 bits per heavy atom. The van der Waals surface area contributed by atoms with Gasteiger partial charge in [0.2, 0.25) is 0 Å². The van der Waals surface area contributed by atoms with E-state index in [9.17, 15) is 30.6 Å². The predicted octanol–water partition coefficient (Wildman–Crippen LogP) is -1.52. The molecule has 0 spiro atoms. The van der Waals surface area contributed by atoms with Crippen molar-refractivity contribution >= 4 is 0 Å². The molecule has 0 radical (unpaired) electrons. The number of hydrogen-bond donors (Lipinski definition) is 6. The Kier molecular flexibility index (Phi) is 18.6. The van der Waals surface area contributed by atoms with Crippen LogP contribution in [0.2, 0.25) is 0 Å². The van der Waals surface area contributed by atoms with Crippen molar-refractivity contribution in [2.75, 3.05) is 78.5 Å². The van der Waals surface area contributed by atoms with E-state index in [4.69, 9.17) is 0 Å². The zero-order valence-corrected chi connectivity index (χ0v) is 22.4. The molecule has 0 rings (SSSR count). The molecule has 10 nitrogen and oxygen atoms in total. The molecule has 6 unspecified atom stereocenters. The Hall–Kier alpha value is -0.400.